The van der Waals surface area contributed by atoms with Crippen LogP contribution in [-0.4, -0.2) is 18.4 Å². The van der Waals surface area contributed by atoms with Gasteiger partial charge < -0.3 is 15.4 Å². The lowest BCUT2D eigenvalue weighted by Crippen LogP contribution is -2.29. The molecular formula is C25H32N2O3. The molecule has 0 heterocycles. The quantitative estimate of drug-likeness (QED) is 0.434. The molecule has 2 amide bonds. The maximum atomic E-state index is 12.4. The molecule has 0 saturated heterocycles. The number of rotatable bonds is 9. The Morgan fingerprint density at radius 1 is 1.00 bits per heavy atom. The summed E-state index contributed by atoms with van der Waals surface area (Å²) in [7, 11) is 0. The van der Waals surface area contributed by atoms with Crippen LogP contribution < -0.4 is 15.4 Å². The SMILES string of the molecule is CCCCCC(C)COc1ccccc1NC(=O)C(=O)Nc1ccc2c(c1)CCC2. The summed E-state index contributed by atoms with van der Waals surface area (Å²) in [5, 5.41) is 5.38. The van der Waals surface area contributed by atoms with Gasteiger partial charge in [-0.3, -0.25) is 9.59 Å². The summed E-state index contributed by atoms with van der Waals surface area (Å²) >= 11 is 0. The minimum absolute atomic E-state index is 0.434. The summed E-state index contributed by atoms with van der Waals surface area (Å²) in [5.41, 5.74) is 3.74. The van der Waals surface area contributed by atoms with Gasteiger partial charge in [0.05, 0.1) is 12.3 Å². The number of amides is 2. The van der Waals surface area contributed by atoms with E-state index in [0.717, 1.165) is 25.7 Å². The van der Waals surface area contributed by atoms with Crippen molar-refractivity contribution in [1.29, 1.82) is 0 Å². The molecule has 2 N–H and O–H groups in total. The molecule has 160 valence electrons. The van der Waals surface area contributed by atoms with E-state index in [4.69, 9.17) is 4.74 Å². The van der Waals surface area contributed by atoms with Crippen LogP contribution in [0.15, 0.2) is 42.5 Å². The summed E-state index contributed by atoms with van der Waals surface area (Å²) in [6, 6.07) is 13.1. The summed E-state index contributed by atoms with van der Waals surface area (Å²) in [5.74, 6) is -0.375. The first kappa shape index (κ1) is 21.9. The van der Waals surface area contributed by atoms with Crippen molar-refractivity contribution in [3.63, 3.8) is 0 Å². The predicted molar refractivity (Wildman–Crippen MR) is 121 cm³/mol. The third-order valence-electron chi connectivity index (χ3n) is 5.52. The lowest BCUT2D eigenvalue weighted by Gasteiger charge is -2.16. The third kappa shape index (κ3) is 6.09. The van der Waals surface area contributed by atoms with Crippen LogP contribution in [0.5, 0.6) is 5.75 Å². The second-order valence-electron chi connectivity index (χ2n) is 8.15. The van der Waals surface area contributed by atoms with E-state index in [-0.39, 0.29) is 0 Å². The highest BCUT2D eigenvalue weighted by Gasteiger charge is 2.18. The van der Waals surface area contributed by atoms with Crippen molar-refractivity contribution in [2.45, 2.75) is 58.8 Å². The normalized spacial score (nSPS) is 13.4. The minimum Gasteiger partial charge on any atom is -0.491 e. The molecule has 2 aromatic rings. The molecule has 30 heavy (non-hydrogen) atoms. The van der Waals surface area contributed by atoms with Gasteiger partial charge >= 0.3 is 11.8 Å². The Balaban J connectivity index is 1.55. The smallest absolute Gasteiger partial charge is 0.314 e. The highest BCUT2D eigenvalue weighted by atomic mass is 16.5. The maximum absolute atomic E-state index is 12.4. The molecule has 1 aliphatic carbocycles. The molecule has 3 rings (SSSR count). The van der Waals surface area contributed by atoms with Gasteiger partial charge in [0.25, 0.3) is 0 Å². The average Bonchev–Trinajstić information content (AvgIpc) is 3.21. The Hall–Kier alpha value is -2.82. The largest absolute Gasteiger partial charge is 0.491 e. The fourth-order valence-electron chi connectivity index (χ4n) is 3.77. The number of fused-ring (bicyclic) bond motifs is 1. The van der Waals surface area contributed by atoms with Crippen LogP contribution in [0.25, 0.3) is 0 Å². The highest BCUT2D eigenvalue weighted by Crippen LogP contribution is 2.26. The Labute approximate surface area is 179 Å². The fraction of sp³-hybridized carbons (Fsp3) is 0.440. The second-order valence-corrected chi connectivity index (χ2v) is 8.15. The molecule has 0 bridgehead atoms. The first-order valence-corrected chi connectivity index (χ1v) is 11.0. The van der Waals surface area contributed by atoms with Gasteiger partial charge in [-0.25, -0.2) is 0 Å². The van der Waals surface area contributed by atoms with Crippen molar-refractivity contribution in [3.8, 4) is 5.75 Å². The molecule has 5 heteroatoms. The van der Waals surface area contributed by atoms with Gasteiger partial charge in [-0.15, -0.1) is 0 Å². The summed E-state index contributed by atoms with van der Waals surface area (Å²) in [6.07, 6.45) is 7.99. The molecule has 1 atom stereocenters. The third-order valence-corrected chi connectivity index (χ3v) is 5.52. The lowest BCUT2D eigenvalue weighted by molar-refractivity contribution is -0.133. The number of nitrogens with one attached hydrogen (secondary N) is 2. The number of benzene rings is 2. The van der Waals surface area contributed by atoms with Gasteiger partial charge in [0.1, 0.15) is 5.75 Å². The average molecular weight is 409 g/mol. The van der Waals surface area contributed by atoms with Gasteiger partial charge in [0.2, 0.25) is 0 Å². The number of para-hydroxylation sites is 2. The van der Waals surface area contributed by atoms with Crippen molar-refractivity contribution in [1.82, 2.24) is 0 Å². The predicted octanol–water partition coefficient (Wildman–Crippen LogP) is 5.35. The lowest BCUT2D eigenvalue weighted by atomic mass is 10.0. The van der Waals surface area contributed by atoms with Crippen molar-refractivity contribution in [2.24, 2.45) is 5.92 Å². The molecule has 0 saturated carbocycles. The summed E-state index contributed by atoms with van der Waals surface area (Å²) < 4.78 is 5.93. The van der Waals surface area contributed by atoms with E-state index in [1.165, 1.54) is 30.4 Å². The Morgan fingerprint density at radius 3 is 2.60 bits per heavy atom. The Bertz CT molecular complexity index is 878. The Kier molecular flexibility index (Phi) is 7.89. The van der Waals surface area contributed by atoms with Gasteiger partial charge in [-0.1, -0.05) is 51.3 Å². The zero-order chi connectivity index (χ0) is 21.3. The zero-order valence-corrected chi connectivity index (χ0v) is 18.0. The van der Waals surface area contributed by atoms with Gasteiger partial charge in [-0.2, -0.15) is 0 Å². The number of carbonyl (C=O) groups excluding carboxylic acids is 2. The molecule has 0 aromatic heterocycles. The molecule has 1 unspecified atom stereocenters. The first-order valence-electron chi connectivity index (χ1n) is 11.0. The number of unbranched alkanes of at least 4 members (excludes halogenated alkanes) is 2. The van der Waals surface area contributed by atoms with E-state index in [0.29, 0.717) is 29.6 Å². The fourth-order valence-corrected chi connectivity index (χ4v) is 3.77. The number of carbonyl (C=O) groups is 2. The molecule has 0 radical (unpaired) electrons. The minimum atomic E-state index is -0.706. The van der Waals surface area contributed by atoms with Gasteiger partial charge in [0.15, 0.2) is 0 Å². The van der Waals surface area contributed by atoms with Crippen molar-refractivity contribution < 1.29 is 14.3 Å². The molecular weight excluding hydrogens is 376 g/mol. The zero-order valence-electron chi connectivity index (χ0n) is 18.0. The van der Waals surface area contributed by atoms with Crippen LogP contribution in [0.1, 0.15) is 57.1 Å². The van der Waals surface area contributed by atoms with Crippen LogP contribution in [0.2, 0.25) is 0 Å². The van der Waals surface area contributed by atoms with Crippen LogP contribution in [0.3, 0.4) is 0 Å². The van der Waals surface area contributed by atoms with Crippen molar-refractivity contribution in [3.05, 3.63) is 53.6 Å². The van der Waals surface area contributed by atoms with Crippen LogP contribution >= 0.6 is 0 Å². The number of hydrogen-bond donors (Lipinski definition) is 2. The molecule has 2 aromatic carbocycles. The molecule has 1 aliphatic rings. The number of hydrogen-bond acceptors (Lipinski definition) is 3. The van der Waals surface area contributed by atoms with E-state index in [1.54, 1.807) is 6.07 Å². The van der Waals surface area contributed by atoms with Gasteiger partial charge in [0, 0.05) is 5.69 Å². The topological polar surface area (TPSA) is 67.4 Å². The van der Waals surface area contributed by atoms with Crippen LogP contribution in [-0.2, 0) is 22.4 Å². The number of anilines is 2. The van der Waals surface area contributed by atoms with Crippen LogP contribution in [0.4, 0.5) is 11.4 Å². The molecule has 0 aliphatic heterocycles. The van der Waals surface area contributed by atoms with E-state index < -0.39 is 11.8 Å². The summed E-state index contributed by atoms with van der Waals surface area (Å²) in [6.45, 7) is 4.94. The Morgan fingerprint density at radius 2 is 1.77 bits per heavy atom. The van der Waals surface area contributed by atoms with E-state index >= 15 is 0 Å². The van der Waals surface area contributed by atoms with E-state index in [2.05, 4.69) is 24.5 Å². The van der Waals surface area contributed by atoms with Crippen LogP contribution in [0, 0.1) is 5.92 Å². The summed E-state index contributed by atoms with van der Waals surface area (Å²) in [4.78, 5) is 24.8. The van der Waals surface area contributed by atoms with E-state index in [1.807, 2.05) is 36.4 Å². The van der Waals surface area contributed by atoms with Gasteiger partial charge in [-0.05, 0) is 67.0 Å². The van der Waals surface area contributed by atoms with Crippen molar-refractivity contribution in [2.75, 3.05) is 17.2 Å². The standard InChI is InChI=1S/C25H32N2O3/c1-3-4-5-9-18(2)17-30-23-13-7-6-12-22(23)27-25(29)24(28)26-21-15-14-19-10-8-11-20(19)16-21/h6-7,12-16,18H,3-5,8-11,17H2,1-2H3,(H,26,28)(H,27,29). The molecule has 5 nitrogen and oxygen atoms in total. The first-order chi connectivity index (χ1) is 14.6. The molecule has 0 fully saturated rings. The second kappa shape index (κ2) is 10.8. The van der Waals surface area contributed by atoms with E-state index in [9.17, 15) is 9.59 Å². The number of ether oxygens (including phenoxy) is 1. The number of aryl methyl sites for hydroxylation is 2. The monoisotopic (exact) mass is 408 g/mol. The van der Waals surface area contributed by atoms with Crippen molar-refractivity contribution >= 4 is 23.2 Å². The molecule has 0 spiro atoms. The maximum Gasteiger partial charge on any atom is 0.314 e. The highest BCUT2D eigenvalue weighted by molar-refractivity contribution is 6.43.